The van der Waals surface area contributed by atoms with E-state index in [9.17, 15) is 0 Å². The zero-order chi connectivity index (χ0) is 11.4. The lowest BCUT2D eigenvalue weighted by Crippen LogP contribution is -1.96. The lowest BCUT2D eigenvalue weighted by atomic mass is 10.2. The van der Waals surface area contributed by atoms with Crippen LogP contribution in [0.15, 0.2) is 24.3 Å². The highest BCUT2D eigenvalue weighted by Crippen LogP contribution is 2.20. The Kier molecular flexibility index (Phi) is 3.41. The number of ether oxygens (including phenoxy) is 1. The van der Waals surface area contributed by atoms with Gasteiger partial charge >= 0.3 is 6.01 Å². The van der Waals surface area contributed by atoms with Crippen molar-refractivity contribution in [2.75, 3.05) is 6.61 Å². The molecule has 1 aromatic heterocycles. The van der Waals surface area contributed by atoms with Gasteiger partial charge in [-0.25, -0.2) is 0 Å². The Labute approximate surface area is 98.6 Å². The monoisotopic (exact) mass is 237 g/mol. The summed E-state index contributed by atoms with van der Waals surface area (Å²) in [5.41, 5.74) is 0.895. The van der Waals surface area contributed by atoms with Crippen LogP contribution >= 0.6 is 11.6 Å². The van der Waals surface area contributed by atoms with E-state index in [0.29, 0.717) is 23.5 Å². The molecule has 5 heteroatoms. The number of benzene rings is 1. The highest BCUT2D eigenvalue weighted by atomic mass is 35.5. The van der Waals surface area contributed by atoms with E-state index in [1.54, 1.807) is 0 Å². The Bertz CT molecular complexity index is 470. The van der Waals surface area contributed by atoms with E-state index < -0.39 is 0 Å². The van der Waals surface area contributed by atoms with Gasteiger partial charge in [-0.1, -0.05) is 30.7 Å². The molecule has 84 valence electrons. The summed E-state index contributed by atoms with van der Waals surface area (Å²) in [6.45, 7) is 2.65. The van der Waals surface area contributed by atoms with Crippen LogP contribution < -0.4 is 4.74 Å². The lowest BCUT2D eigenvalue weighted by Gasteiger charge is -1.96. The number of aromatic nitrogens is 3. The van der Waals surface area contributed by atoms with Crippen molar-refractivity contribution in [3.05, 3.63) is 29.3 Å². The second-order valence-corrected chi connectivity index (χ2v) is 3.76. The van der Waals surface area contributed by atoms with Crippen LogP contribution in [0.1, 0.15) is 13.3 Å². The van der Waals surface area contributed by atoms with Crippen LogP contribution in [0.25, 0.3) is 11.4 Å². The van der Waals surface area contributed by atoms with Crippen LogP contribution in [-0.2, 0) is 0 Å². The van der Waals surface area contributed by atoms with Gasteiger partial charge in [0, 0.05) is 10.6 Å². The fourth-order valence-corrected chi connectivity index (χ4v) is 1.46. The molecule has 0 bridgehead atoms. The van der Waals surface area contributed by atoms with E-state index >= 15 is 0 Å². The zero-order valence-electron chi connectivity index (χ0n) is 8.90. The van der Waals surface area contributed by atoms with Crippen molar-refractivity contribution < 1.29 is 4.74 Å². The smallest absolute Gasteiger partial charge is 0.335 e. The van der Waals surface area contributed by atoms with E-state index in [2.05, 4.69) is 15.2 Å². The molecule has 0 radical (unpaired) electrons. The van der Waals surface area contributed by atoms with Crippen molar-refractivity contribution in [1.82, 2.24) is 15.2 Å². The average Bonchev–Trinajstić information content (AvgIpc) is 2.75. The van der Waals surface area contributed by atoms with Crippen LogP contribution in [0.3, 0.4) is 0 Å². The third-order valence-corrected chi connectivity index (χ3v) is 2.23. The first-order chi connectivity index (χ1) is 7.79. The minimum atomic E-state index is 0.372. The van der Waals surface area contributed by atoms with E-state index in [1.807, 2.05) is 31.2 Å². The first-order valence-corrected chi connectivity index (χ1v) is 5.48. The minimum absolute atomic E-state index is 0.372. The highest BCUT2D eigenvalue weighted by molar-refractivity contribution is 6.30. The van der Waals surface area contributed by atoms with E-state index in [4.69, 9.17) is 16.3 Å². The van der Waals surface area contributed by atoms with Gasteiger partial charge in [0.05, 0.1) is 6.61 Å². The lowest BCUT2D eigenvalue weighted by molar-refractivity contribution is 0.293. The molecule has 0 saturated carbocycles. The zero-order valence-corrected chi connectivity index (χ0v) is 9.66. The number of rotatable bonds is 4. The fourth-order valence-electron chi connectivity index (χ4n) is 1.27. The quantitative estimate of drug-likeness (QED) is 0.890. The van der Waals surface area contributed by atoms with E-state index in [-0.39, 0.29) is 0 Å². The summed E-state index contributed by atoms with van der Waals surface area (Å²) in [4.78, 5) is 4.21. The summed E-state index contributed by atoms with van der Waals surface area (Å²) in [5, 5.41) is 7.44. The summed E-state index contributed by atoms with van der Waals surface area (Å²) in [6, 6.07) is 7.79. The fraction of sp³-hybridized carbons (Fsp3) is 0.273. The Morgan fingerprint density at radius 3 is 3.06 bits per heavy atom. The third kappa shape index (κ3) is 2.52. The maximum atomic E-state index is 5.89. The topological polar surface area (TPSA) is 50.8 Å². The molecule has 1 N–H and O–H groups in total. The van der Waals surface area contributed by atoms with Crippen LogP contribution in [0.4, 0.5) is 0 Å². The summed E-state index contributed by atoms with van der Waals surface area (Å²) >= 11 is 5.89. The molecule has 0 aliphatic rings. The summed E-state index contributed by atoms with van der Waals surface area (Å²) in [5.74, 6) is 0.661. The first-order valence-electron chi connectivity index (χ1n) is 5.10. The molecule has 0 spiro atoms. The van der Waals surface area contributed by atoms with Gasteiger partial charge in [-0.15, -0.1) is 5.10 Å². The number of nitrogens with one attached hydrogen (secondary N) is 1. The van der Waals surface area contributed by atoms with Crippen molar-refractivity contribution in [3.8, 4) is 17.4 Å². The Morgan fingerprint density at radius 1 is 1.44 bits per heavy atom. The summed E-state index contributed by atoms with van der Waals surface area (Å²) < 4.78 is 5.30. The molecule has 0 atom stereocenters. The van der Waals surface area contributed by atoms with Gasteiger partial charge in [0.1, 0.15) is 0 Å². The van der Waals surface area contributed by atoms with Crippen molar-refractivity contribution in [2.45, 2.75) is 13.3 Å². The Morgan fingerprint density at radius 2 is 2.31 bits per heavy atom. The molecule has 16 heavy (non-hydrogen) atoms. The molecular formula is C11H12ClN3O. The predicted molar refractivity (Wildman–Crippen MR) is 62.6 cm³/mol. The van der Waals surface area contributed by atoms with Gasteiger partial charge in [-0.05, 0) is 18.6 Å². The molecule has 1 heterocycles. The predicted octanol–water partition coefficient (Wildman–Crippen LogP) is 2.91. The van der Waals surface area contributed by atoms with Crippen molar-refractivity contribution in [1.29, 1.82) is 0 Å². The molecule has 0 saturated heterocycles. The second kappa shape index (κ2) is 4.99. The molecule has 2 rings (SSSR count). The number of hydrogen-bond donors (Lipinski definition) is 1. The van der Waals surface area contributed by atoms with Crippen molar-refractivity contribution in [3.63, 3.8) is 0 Å². The summed E-state index contributed by atoms with van der Waals surface area (Å²) in [7, 11) is 0. The molecule has 0 unspecified atom stereocenters. The normalized spacial score (nSPS) is 10.4. The highest BCUT2D eigenvalue weighted by Gasteiger charge is 2.06. The SMILES string of the molecule is CCCOc1n[nH]c(-c2cccc(Cl)c2)n1. The second-order valence-electron chi connectivity index (χ2n) is 3.33. The van der Waals surface area contributed by atoms with Crippen LogP contribution in [-0.4, -0.2) is 21.8 Å². The molecule has 1 aromatic carbocycles. The number of nitrogens with zero attached hydrogens (tertiary/aromatic N) is 2. The first kappa shape index (κ1) is 11.0. The van der Waals surface area contributed by atoms with Gasteiger partial charge in [0.25, 0.3) is 0 Å². The van der Waals surface area contributed by atoms with Crippen molar-refractivity contribution >= 4 is 11.6 Å². The van der Waals surface area contributed by atoms with Crippen LogP contribution in [0.5, 0.6) is 6.01 Å². The Balaban J connectivity index is 2.18. The van der Waals surface area contributed by atoms with Gasteiger partial charge in [-0.2, -0.15) is 4.98 Å². The van der Waals surface area contributed by atoms with Gasteiger partial charge < -0.3 is 4.74 Å². The summed E-state index contributed by atoms with van der Waals surface area (Å²) in [6.07, 6.45) is 0.932. The number of halogens is 1. The van der Waals surface area contributed by atoms with Gasteiger partial charge in [0.2, 0.25) is 0 Å². The number of hydrogen-bond acceptors (Lipinski definition) is 3. The average molecular weight is 238 g/mol. The minimum Gasteiger partial charge on any atom is -0.462 e. The Hall–Kier alpha value is -1.55. The maximum Gasteiger partial charge on any atom is 0.335 e. The van der Waals surface area contributed by atoms with E-state index in [1.165, 1.54) is 0 Å². The number of H-pyrrole nitrogens is 1. The standard InChI is InChI=1S/C11H12ClN3O/c1-2-6-16-11-13-10(14-15-11)8-4-3-5-9(12)7-8/h3-5,7H,2,6H2,1H3,(H,13,14,15). The van der Waals surface area contributed by atoms with Gasteiger partial charge in [0.15, 0.2) is 5.82 Å². The van der Waals surface area contributed by atoms with Crippen molar-refractivity contribution in [2.24, 2.45) is 0 Å². The van der Waals surface area contributed by atoms with Gasteiger partial charge in [-0.3, -0.25) is 5.10 Å². The largest absolute Gasteiger partial charge is 0.462 e. The molecular weight excluding hydrogens is 226 g/mol. The molecule has 2 aromatic rings. The van der Waals surface area contributed by atoms with Crippen LogP contribution in [0, 0.1) is 0 Å². The molecule has 0 aliphatic carbocycles. The third-order valence-electron chi connectivity index (χ3n) is 2.00. The molecule has 4 nitrogen and oxygen atoms in total. The molecule has 0 aliphatic heterocycles. The molecule has 0 fully saturated rings. The molecule has 0 amide bonds. The number of aromatic amines is 1. The van der Waals surface area contributed by atoms with E-state index in [0.717, 1.165) is 12.0 Å². The van der Waals surface area contributed by atoms with Crippen LogP contribution in [0.2, 0.25) is 5.02 Å². The maximum absolute atomic E-state index is 5.89.